The normalized spacial score (nSPS) is 10.8. The van der Waals surface area contributed by atoms with Crippen molar-refractivity contribution < 1.29 is 9.18 Å². The molecule has 0 saturated heterocycles. The number of para-hydroxylation sites is 1. The first-order chi connectivity index (χ1) is 9.40. The van der Waals surface area contributed by atoms with E-state index in [4.69, 9.17) is 18.0 Å². The zero-order valence-corrected chi connectivity index (χ0v) is 12.5. The van der Waals surface area contributed by atoms with Crippen LogP contribution in [0.1, 0.15) is 20.3 Å². The minimum Gasteiger partial charge on any atom is -0.393 e. The fraction of sp³-hybridized carbons (Fsp3) is 0.429. The molecule has 20 heavy (non-hydrogen) atoms. The second-order valence-electron chi connectivity index (χ2n) is 4.81. The predicted molar refractivity (Wildman–Crippen MR) is 83.1 cm³/mol. The smallest absolute Gasteiger partial charge is 0.238 e. The fourth-order valence-corrected chi connectivity index (χ4v) is 1.80. The van der Waals surface area contributed by atoms with E-state index in [9.17, 15) is 9.18 Å². The maximum Gasteiger partial charge on any atom is 0.238 e. The highest BCUT2D eigenvalue weighted by molar-refractivity contribution is 7.80. The Kier molecular flexibility index (Phi) is 6.54. The molecular weight excluding hydrogens is 277 g/mol. The number of rotatable bonds is 7. The zero-order valence-electron chi connectivity index (χ0n) is 11.7. The quantitative estimate of drug-likeness (QED) is 0.757. The zero-order chi connectivity index (χ0) is 15.1. The Morgan fingerprint density at radius 1 is 1.45 bits per heavy atom. The minimum absolute atomic E-state index is 0.175. The Labute approximate surface area is 124 Å². The summed E-state index contributed by atoms with van der Waals surface area (Å²) in [6, 6.07) is 6.26. The van der Waals surface area contributed by atoms with Gasteiger partial charge in [-0.2, -0.15) is 0 Å². The lowest BCUT2D eigenvalue weighted by Crippen LogP contribution is -2.39. The van der Waals surface area contributed by atoms with Crippen molar-refractivity contribution in [3.05, 3.63) is 30.1 Å². The van der Waals surface area contributed by atoms with Gasteiger partial charge in [0.25, 0.3) is 0 Å². The minimum atomic E-state index is -0.444. The van der Waals surface area contributed by atoms with Crippen molar-refractivity contribution >= 4 is 28.8 Å². The Morgan fingerprint density at radius 2 is 2.10 bits per heavy atom. The average molecular weight is 297 g/mol. The van der Waals surface area contributed by atoms with Gasteiger partial charge in [-0.1, -0.05) is 24.4 Å². The number of nitrogens with zero attached hydrogens (tertiary/aromatic N) is 1. The van der Waals surface area contributed by atoms with Crippen LogP contribution < -0.4 is 11.1 Å². The molecule has 0 unspecified atom stereocenters. The van der Waals surface area contributed by atoms with Crippen LogP contribution in [0.5, 0.6) is 0 Å². The number of nitrogens with two attached hydrogens (primary N) is 1. The molecule has 0 radical (unpaired) electrons. The standard InChI is InChI=1S/C14H20FN3OS/c1-10(2)18(8-7-13(16)20)9-14(19)17-12-6-4-3-5-11(12)15/h3-6,10H,7-9H2,1-2H3,(H2,16,20)(H,17,19). The van der Waals surface area contributed by atoms with Gasteiger partial charge in [-0.15, -0.1) is 0 Å². The molecule has 0 aliphatic rings. The number of amides is 1. The molecule has 3 N–H and O–H groups in total. The van der Waals surface area contributed by atoms with Crippen LogP contribution in [-0.4, -0.2) is 34.9 Å². The monoisotopic (exact) mass is 297 g/mol. The largest absolute Gasteiger partial charge is 0.393 e. The molecule has 4 nitrogen and oxygen atoms in total. The number of carbonyl (C=O) groups is 1. The Hall–Kier alpha value is -1.53. The number of hydrogen-bond donors (Lipinski definition) is 2. The number of halogens is 1. The van der Waals surface area contributed by atoms with Gasteiger partial charge >= 0.3 is 0 Å². The molecule has 0 bridgehead atoms. The third-order valence-corrected chi connectivity index (χ3v) is 3.07. The number of anilines is 1. The molecule has 6 heteroatoms. The molecule has 0 aromatic heterocycles. The van der Waals surface area contributed by atoms with Gasteiger partial charge in [0.1, 0.15) is 5.82 Å². The van der Waals surface area contributed by atoms with Crippen LogP contribution in [-0.2, 0) is 4.79 Å². The van der Waals surface area contributed by atoms with Crippen LogP contribution in [0.3, 0.4) is 0 Å². The Bertz CT molecular complexity index is 479. The fourth-order valence-electron chi connectivity index (χ4n) is 1.71. The van der Waals surface area contributed by atoms with E-state index in [1.165, 1.54) is 12.1 Å². The molecular formula is C14H20FN3OS. The van der Waals surface area contributed by atoms with Crippen molar-refractivity contribution in [2.45, 2.75) is 26.3 Å². The molecule has 1 rings (SSSR count). The number of hydrogen-bond acceptors (Lipinski definition) is 3. The van der Waals surface area contributed by atoms with Crippen molar-refractivity contribution in [3.63, 3.8) is 0 Å². The third kappa shape index (κ3) is 5.63. The van der Waals surface area contributed by atoms with E-state index < -0.39 is 5.82 Å². The summed E-state index contributed by atoms with van der Waals surface area (Å²) in [6.45, 7) is 4.75. The topological polar surface area (TPSA) is 58.4 Å². The average Bonchev–Trinajstić information content (AvgIpc) is 2.36. The summed E-state index contributed by atoms with van der Waals surface area (Å²) >= 11 is 4.84. The van der Waals surface area contributed by atoms with Crippen LogP contribution in [0.15, 0.2) is 24.3 Å². The van der Waals surface area contributed by atoms with Crippen molar-refractivity contribution in [1.29, 1.82) is 0 Å². The van der Waals surface area contributed by atoms with E-state index in [1.807, 2.05) is 18.7 Å². The van der Waals surface area contributed by atoms with Crippen molar-refractivity contribution in [2.75, 3.05) is 18.4 Å². The highest BCUT2D eigenvalue weighted by Crippen LogP contribution is 2.12. The van der Waals surface area contributed by atoms with Crippen LogP contribution >= 0.6 is 12.2 Å². The van der Waals surface area contributed by atoms with E-state index in [1.54, 1.807) is 12.1 Å². The van der Waals surface area contributed by atoms with Gasteiger partial charge in [0, 0.05) is 19.0 Å². The highest BCUT2D eigenvalue weighted by atomic mass is 32.1. The summed E-state index contributed by atoms with van der Waals surface area (Å²) < 4.78 is 13.4. The van der Waals surface area contributed by atoms with Gasteiger partial charge in [0.05, 0.1) is 17.2 Å². The van der Waals surface area contributed by atoms with Crippen LogP contribution in [0, 0.1) is 5.82 Å². The molecule has 1 aromatic carbocycles. The highest BCUT2D eigenvalue weighted by Gasteiger charge is 2.15. The second kappa shape index (κ2) is 7.91. The van der Waals surface area contributed by atoms with Gasteiger partial charge in [-0.05, 0) is 26.0 Å². The van der Waals surface area contributed by atoms with Crippen LogP contribution in [0.2, 0.25) is 0 Å². The molecule has 0 saturated carbocycles. The maximum absolute atomic E-state index is 13.4. The number of carbonyl (C=O) groups excluding carboxylic acids is 1. The van der Waals surface area contributed by atoms with Crippen LogP contribution in [0.25, 0.3) is 0 Å². The van der Waals surface area contributed by atoms with Crippen LogP contribution in [0.4, 0.5) is 10.1 Å². The van der Waals surface area contributed by atoms with Gasteiger partial charge < -0.3 is 11.1 Å². The molecule has 110 valence electrons. The lowest BCUT2D eigenvalue weighted by atomic mass is 10.2. The van der Waals surface area contributed by atoms with E-state index >= 15 is 0 Å². The van der Waals surface area contributed by atoms with E-state index in [-0.39, 0.29) is 24.2 Å². The van der Waals surface area contributed by atoms with Crippen molar-refractivity contribution in [2.24, 2.45) is 5.73 Å². The van der Waals surface area contributed by atoms with Gasteiger partial charge in [-0.25, -0.2) is 4.39 Å². The third-order valence-electron chi connectivity index (χ3n) is 2.87. The first-order valence-corrected chi connectivity index (χ1v) is 6.87. The lowest BCUT2D eigenvalue weighted by Gasteiger charge is -2.25. The summed E-state index contributed by atoms with van der Waals surface area (Å²) in [5.74, 6) is -0.702. The molecule has 1 amide bonds. The first kappa shape index (κ1) is 16.5. The molecule has 0 fully saturated rings. The Morgan fingerprint density at radius 3 is 2.65 bits per heavy atom. The Balaban J connectivity index is 2.58. The molecule has 1 aromatic rings. The van der Waals surface area contributed by atoms with Gasteiger partial charge in [0.2, 0.25) is 5.91 Å². The number of benzene rings is 1. The van der Waals surface area contributed by atoms with E-state index in [0.29, 0.717) is 18.0 Å². The first-order valence-electron chi connectivity index (χ1n) is 6.47. The van der Waals surface area contributed by atoms with E-state index in [0.717, 1.165) is 0 Å². The predicted octanol–water partition coefficient (Wildman–Crippen LogP) is 2.15. The van der Waals surface area contributed by atoms with E-state index in [2.05, 4.69) is 5.32 Å². The van der Waals surface area contributed by atoms with Crippen molar-refractivity contribution in [3.8, 4) is 0 Å². The lowest BCUT2D eigenvalue weighted by molar-refractivity contribution is -0.117. The summed E-state index contributed by atoms with van der Waals surface area (Å²) in [4.78, 5) is 14.3. The van der Waals surface area contributed by atoms with Gasteiger partial charge in [-0.3, -0.25) is 9.69 Å². The SMILES string of the molecule is CC(C)N(CCC(N)=S)CC(=O)Nc1ccccc1F. The van der Waals surface area contributed by atoms with Gasteiger partial charge in [0.15, 0.2) is 0 Å². The summed E-state index contributed by atoms with van der Waals surface area (Å²) in [6.07, 6.45) is 0.556. The second-order valence-corrected chi connectivity index (χ2v) is 5.33. The summed E-state index contributed by atoms with van der Waals surface area (Å²) in [5.41, 5.74) is 5.66. The summed E-state index contributed by atoms with van der Waals surface area (Å²) in [5, 5.41) is 2.56. The molecule has 0 aliphatic carbocycles. The van der Waals surface area contributed by atoms with Crippen molar-refractivity contribution in [1.82, 2.24) is 4.90 Å². The molecule has 0 heterocycles. The maximum atomic E-state index is 13.4. The number of thiocarbonyl (C=S) groups is 1. The molecule has 0 spiro atoms. The molecule has 0 aliphatic heterocycles. The number of nitrogens with one attached hydrogen (secondary N) is 1. The molecule has 0 atom stereocenters. The summed E-state index contributed by atoms with van der Waals surface area (Å²) in [7, 11) is 0.